The fourth-order valence-electron chi connectivity index (χ4n) is 1.74. The topological polar surface area (TPSA) is 51.0 Å². The lowest BCUT2D eigenvalue weighted by Crippen LogP contribution is -1.99. The minimum Gasteiger partial charge on any atom is -0.493 e. The number of hydrogen-bond donors (Lipinski definition) is 1. The Morgan fingerprint density at radius 2 is 1.95 bits per heavy atom. The summed E-state index contributed by atoms with van der Waals surface area (Å²) in [5.74, 6) is 1.11. The summed E-state index contributed by atoms with van der Waals surface area (Å²) >= 11 is 11.9. The van der Waals surface area contributed by atoms with Gasteiger partial charge in [-0.25, -0.2) is 0 Å². The smallest absolute Gasteiger partial charge is 0.161 e. The normalized spacial score (nSPS) is 10.8. The van der Waals surface area contributed by atoms with Crippen molar-refractivity contribution in [1.29, 1.82) is 0 Å². The molecule has 1 N–H and O–H groups in total. The molecule has 0 saturated heterocycles. The van der Waals surface area contributed by atoms with Crippen LogP contribution in [0, 0.1) is 0 Å². The summed E-state index contributed by atoms with van der Waals surface area (Å²) in [6.45, 7) is 0.291. The highest BCUT2D eigenvalue weighted by molar-refractivity contribution is 6.35. The molecule has 0 unspecified atom stereocenters. The van der Waals surface area contributed by atoms with E-state index in [2.05, 4.69) is 5.16 Å². The summed E-state index contributed by atoms with van der Waals surface area (Å²) in [4.78, 5) is 0. The van der Waals surface area contributed by atoms with E-state index in [1.807, 2.05) is 6.07 Å². The highest BCUT2D eigenvalue weighted by atomic mass is 35.5. The molecule has 2 rings (SSSR count). The number of rotatable bonds is 5. The highest BCUT2D eigenvalue weighted by Gasteiger charge is 2.07. The van der Waals surface area contributed by atoms with E-state index in [0.29, 0.717) is 33.7 Å². The van der Waals surface area contributed by atoms with Crippen LogP contribution >= 0.6 is 23.2 Å². The summed E-state index contributed by atoms with van der Waals surface area (Å²) in [6, 6.07) is 10.4. The van der Waals surface area contributed by atoms with Crippen LogP contribution in [0.15, 0.2) is 41.6 Å². The molecule has 0 amide bonds. The summed E-state index contributed by atoms with van der Waals surface area (Å²) in [5, 5.41) is 12.6. The van der Waals surface area contributed by atoms with Crippen molar-refractivity contribution in [3.05, 3.63) is 57.6 Å². The van der Waals surface area contributed by atoms with Crippen molar-refractivity contribution in [2.45, 2.75) is 6.61 Å². The van der Waals surface area contributed by atoms with Gasteiger partial charge in [-0.3, -0.25) is 0 Å². The van der Waals surface area contributed by atoms with Gasteiger partial charge >= 0.3 is 0 Å². The zero-order chi connectivity index (χ0) is 15.2. The van der Waals surface area contributed by atoms with Crippen LogP contribution in [0.4, 0.5) is 0 Å². The van der Waals surface area contributed by atoms with Crippen LogP contribution in [0.2, 0.25) is 10.0 Å². The maximum atomic E-state index is 8.53. The zero-order valence-electron chi connectivity index (χ0n) is 11.2. The van der Waals surface area contributed by atoms with Gasteiger partial charge in [-0.1, -0.05) is 34.4 Å². The van der Waals surface area contributed by atoms with Crippen LogP contribution in [0.3, 0.4) is 0 Å². The summed E-state index contributed by atoms with van der Waals surface area (Å²) < 4.78 is 11.0. The monoisotopic (exact) mass is 325 g/mol. The number of methoxy groups -OCH3 is 1. The van der Waals surface area contributed by atoms with E-state index in [1.165, 1.54) is 13.3 Å². The Kier molecular flexibility index (Phi) is 5.31. The first-order valence-electron chi connectivity index (χ1n) is 6.06. The van der Waals surface area contributed by atoms with Gasteiger partial charge in [-0.05, 0) is 30.3 Å². The van der Waals surface area contributed by atoms with Gasteiger partial charge in [0.05, 0.1) is 13.3 Å². The van der Waals surface area contributed by atoms with Gasteiger partial charge < -0.3 is 14.7 Å². The number of benzene rings is 2. The quantitative estimate of drug-likeness (QED) is 0.504. The lowest BCUT2D eigenvalue weighted by Gasteiger charge is -2.12. The van der Waals surface area contributed by atoms with Gasteiger partial charge in [0, 0.05) is 21.2 Å². The van der Waals surface area contributed by atoms with Gasteiger partial charge in [0.25, 0.3) is 0 Å². The second-order valence-corrected chi connectivity index (χ2v) is 5.02. The number of halogens is 2. The van der Waals surface area contributed by atoms with E-state index < -0.39 is 0 Å². The first-order valence-corrected chi connectivity index (χ1v) is 6.82. The molecule has 0 saturated carbocycles. The predicted octanol–water partition coefficient (Wildman–Crippen LogP) is 4.39. The summed E-state index contributed by atoms with van der Waals surface area (Å²) in [6.07, 6.45) is 1.31. The van der Waals surface area contributed by atoms with Crippen LogP contribution in [0.1, 0.15) is 11.1 Å². The summed E-state index contributed by atoms with van der Waals surface area (Å²) in [5.41, 5.74) is 1.52. The fraction of sp³-hybridized carbons (Fsp3) is 0.133. The summed E-state index contributed by atoms with van der Waals surface area (Å²) in [7, 11) is 1.54. The Bertz CT molecular complexity index is 659. The predicted molar refractivity (Wildman–Crippen MR) is 83.2 cm³/mol. The molecule has 0 atom stereocenters. The third kappa shape index (κ3) is 4.03. The molecule has 0 heterocycles. The minimum absolute atomic E-state index is 0.291. The zero-order valence-corrected chi connectivity index (χ0v) is 12.7. The highest BCUT2D eigenvalue weighted by Crippen LogP contribution is 2.29. The molecular formula is C15H13Cl2NO3. The molecule has 0 aliphatic heterocycles. The third-order valence-electron chi connectivity index (χ3n) is 2.79. The molecule has 110 valence electrons. The van der Waals surface area contributed by atoms with Gasteiger partial charge in [0.15, 0.2) is 11.5 Å². The van der Waals surface area contributed by atoms with Crippen molar-refractivity contribution in [3.8, 4) is 11.5 Å². The standard InChI is InChI=1S/C15H13Cl2NO3/c1-20-15-6-10(8-18-19)2-5-14(15)21-9-11-3-4-12(16)7-13(11)17/h2-8,19H,9H2,1H3. The SMILES string of the molecule is COc1cc(C=NO)ccc1OCc1ccc(Cl)cc1Cl. The van der Waals surface area contributed by atoms with Gasteiger partial charge in [0.1, 0.15) is 6.61 Å². The Balaban J connectivity index is 2.15. The molecule has 0 aliphatic carbocycles. The van der Waals surface area contributed by atoms with Crippen LogP contribution in [0.25, 0.3) is 0 Å². The lowest BCUT2D eigenvalue weighted by molar-refractivity contribution is 0.284. The first-order chi connectivity index (χ1) is 10.1. The van der Waals surface area contributed by atoms with Crippen LogP contribution < -0.4 is 9.47 Å². The number of ether oxygens (including phenoxy) is 2. The molecular weight excluding hydrogens is 313 g/mol. The van der Waals surface area contributed by atoms with Crippen molar-refractivity contribution >= 4 is 29.4 Å². The van der Waals surface area contributed by atoms with Gasteiger partial charge in [0.2, 0.25) is 0 Å². The molecule has 2 aromatic rings. The number of hydrogen-bond acceptors (Lipinski definition) is 4. The van der Waals surface area contributed by atoms with Crippen LogP contribution in [-0.4, -0.2) is 18.5 Å². The maximum absolute atomic E-state index is 8.53. The Morgan fingerprint density at radius 1 is 1.14 bits per heavy atom. The van der Waals surface area contributed by atoms with Crippen molar-refractivity contribution < 1.29 is 14.7 Å². The molecule has 0 aromatic heterocycles. The molecule has 6 heteroatoms. The van der Waals surface area contributed by atoms with Crippen LogP contribution in [-0.2, 0) is 6.61 Å². The van der Waals surface area contributed by atoms with E-state index in [4.69, 9.17) is 37.9 Å². The maximum Gasteiger partial charge on any atom is 0.161 e. The molecule has 0 bridgehead atoms. The third-order valence-corrected chi connectivity index (χ3v) is 3.38. The van der Waals surface area contributed by atoms with Gasteiger partial charge in [-0.15, -0.1) is 0 Å². The number of nitrogens with zero attached hydrogens (tertiary/aromatic N) is 1. The first kappa shape index (κ1) is 15.5. The second-order valence-electron chi connectivity index (χ2n) is 4.18. The molecule has 4 nitrogen and oxygen atoms in total. The van der Waals surface area contributed by atoms with Crippen molar-refractivity contribution in [2.24, 2.45) is 5.16 Å². The molecule has 21 heavy (non-hydrogen) atoms. The van der Waals surface area contributed by atoms with Crippen LogP contribution in [0.5, 0.6) is 11.5 Å². The van der Waals surface area contributed by atoms with Gasteiger partial charge in [-0.2, -0.15) is 0 Å². The molecule has 0 spiro atoms. The van der Waals surface area contributed by atoms with Crippen molar-refractivity contribution in [1.82, 2.24) is 0 Å². The largest absolute Gasteiger partial charge is 0.493 e. The average molecular weight is 326 g/mol. The van der Waals surface area contributed by atoms with E-state index in [9.17, 15) is 0 Å². The van der Waals surface area contributed by atoms with Crippen molar-refractivity contribution in [2.75, 3.05) is 7.11 Å². The van der Waals surface area contributed by atoms with E-state index in [0.717, 1.165) is 5.56 Å². The number of oxime groups is 1. The van der Waals surface area contributed by atoms with E-state index >= 15 is 0 Å². The fourth-order valence-corrected chi connectivity index (χ4v) is 2.21. The lowest BCUT2D eigenvalue weighted by atomic mass is 10.2. The average Bonchev–Trinajstić information content (AvgIpc) is 2.47. The van der Waals surface area contributed by atoms with E-state index in [1.54, 1.807) is 30.3 Å². The molecule has 0 radical (unpaired) electrons. The Hall–Kier alpha value is -1.91. The minimum atomic E-state index is 0.291. The molecule has 2 aromatic carbocycles. The van der Waals surface area contributed by atoms with E-state index in [-0.39, 0.29) is 0 Å². The Labute approximate surface area is 132 Å². The Morgan fingerprint density at radius 3 is 2.62 bits per heavy atom. The van der Waals surface area contributed by atoms with Crippen molar-refractivity contribution in [3.63, 3.8) is 0 Å². The molecule has 0 aliphatic rings. The second kappa shape index (κ2) is 7.20. The molecule has 0 fully saturated rings.